The van der Waals surface area contributed by atoms with E-state index in [1.807, 2.05) is 30.3 Å². The molecule has 4 nitrogen and oxygen atoms in total. The van der Waals surface area contributed by atoms with Crippen LogP contribution >= 0.6 is 9.39 Å². The molecule has 3 atom stereocenters. The lowest BCUT2D eigenvalue weighted by Crippen LogP contribution is -2.45. The molecule has 0 aliphatic carbocycles. The van der Waals surface area contributed by atoms with E-state index in [4.69, 9.17) is 0 Å². The van der Waals surface area contributed by atoms with Crippen LogP contribution in [0.2, 0.25) is 0 Å². The van der Waals surface area contributed by atoms with Crippen molar-refractivity contribution in [3.63, 3.8) is 0 Å². The van der Waals surface area contributed by atoms with Crippen molar-refractivity contribution in [1.82, 2.24) is 10.6 Å². The number of hydrogen-bond acceptors (Lipinski definition) is 4. The Kier molecular flexibility index (Phi) is 5.76. The Morgan fingerprint density at radius 2 is 2.07 bits per heavy atom. The van der Waals surface area contributed by atoms with Gasteiger partial charge in [-0.3, -0.25) is 5.09 Å². The van der Waals surface area contributed by atoms with Gasteiger partial charge in [-0.05, 0) is 12.0 Å². The summed E-state index contributed by atoms with van der Waals surface area (Å²) in [6.07, 6.45) is -0.0188. The Morgan fingerprint density at radius 3 is 2.60 bits per heavy atom. The number of nitrogens with one attached hydrogen (secondary N) is 2. The quantitative estimate of drug-likeness (QED) is 0.376. The van der Waals surface area contributed by atoms with E-state index in [1.54, 1.807) is 0 Å². The molecule has 0 aromatic heterocycles. The van der Waals surface area contributed by atoms with Gasteiger partial charge >= 0.3 is 0 Å². The highest BCUT2D eigenvalue weighted by atomic mass is 31.0. The number of benzene rings is 1. The van der Waals surface area contributed by atoms with Gasteiger partial charge < -0.3 is 9.94 Å². The third-order valence-electron chi connectivity index (χ3n) is 2.13. The maximum atomic E-state index is 9.66. The average Bonchev–Trinajstić information content (AvgIpc) is 2.27. The summed E-state index contributed by atoms with van der Waals surface area (Å²) in [4.78, 5) is 4.67. The third kappa shape index (κ3) is 4.24. The lowest BCUT2D eigenvalue weighted by molar-refractivity contribution is -0.0443. The van der Waals surface area contributed by atoms with Gasteiger partial charge in [0.15, 0.2) is 0 Å². The van der Waals surface area contributed by atoms with E-state index in [0.29, 0.717) is 0 Å². The van der Waals surface area contributed by atoms with E-state index in [9.17, 15) is 5.11 Å². The molecule has 0 amide bonds. The van der Waals surface area contributed by atoms with Crippen LogP contribution in [0.15, 0.2) is 30.3 Å². The van der Waals surface area contributed by atoms with Crippen molar-refractivity contribution in [2.45, 2.75) is 18.7 Å². The number of aliphatic hydroxyl groups is 1. The van der Waals surface area contributed by atoms with Gasteiger partial charge in [-0.2, -0.15) is 5.48 Å². The SMILES string of the molecule is CONC(O)C(Cc1ccccc1)NP. The zero-order valence-electron chi connectivity index (χ0n) is 8.68. The Labute approximate surface area is 92.2 Å². The monoisotopic (exact) mass is 228 g/mol. The van der Waals surface area contributed by atoms with Crippen LogP contribution in [0, 0.1) is 0 Å². The number of rotatable bonds is 6. The van der Waals surface area contributed by atoms with Crippen molar-refractivity contribution in [3.05, 3.63) is 35.9 Å². The van der Waals surface area contributed by atoms with Crippen LogP contribution in [0.4, 0.5) is 0 Å². The summed E-state index contributed by atoms with van der Waals surface area (Å²) in [5, 5.41) is 12.6. The summed E-state index contributed by atoms with van der Waals surface area (Å²) in [5.41, 5.74) is 3.66. The largest absolute Gasteiger partial charge is 0.375 e. The van der Waals surface area contributed by atoms with Gasteiger partial charge in [0.2, 0.25) is 0 Å². The topological polar surface area (TPSA) is 53.5 Å². The molecule has 0 fully saturated rings. The van der Waals surface area contributed by atoms with Gasteiger partial charge in [0.1, 0.15) is 6.23 Å². The Bertz CT molecular complexity index is 271. The van der Waals surface area contributed by atoms with E-state index >= 15 is 0 Å². The molecule has 1 rings (SSSR count). The summed E-state index contributed by atoms with van der Waals surface area (Å²) in [5.74, 6) is 0. The van der Waals surface area contributed by atoms with Crippen LogP contribution in [-0.2, 0) is 11.3 Å². The maximum Gasteiger partial charge on any atom is 0.142 e. The molecule has 0 bridgehead atoms. The Morgan fingerprint density at radius 1 is 1.40 bits per heavy atom. The van der Waals surface area contributed by atoms with Crippen LogP contribution in [0.3, 0.4) is 0 Å². The molecule has 0 spiro atoms. The van der Waals surface area contributed by atoms with E-state index < -0.39 is 6.23 Å². The predicted octanol–water partition coefficient (Wildman–Crippen LogP) is 0.447. The van der Waals surface area contributed by atoms with Gasteiger partial charge in [-0.1, -0.05) is 39.7 Å². The molecule has 5 heteroatoms. The van der Waals surface area contributed by atoms with Crippen molar-refractivity contribution >= 4 is 9.39 Å². The molecule has 0 saturated heterocycles. The molecule has 84 valence electrons. The first kappa shape index (κ1) is 12.6. The molecule has 0 heterocycles. The van der Waals surface area contributed by atoms with Gasteiger partial charge in [-0.15, -0.1) is 0 Å². The molecule has 0 aliphatic rings. The van der Waals surface area contributed by atoms with E-state index in [-0.39, 0.29) is 6.04 Å². The predicted molar refractivity (Wildman–Crippen MR) is 62.9 cm³/mol. The summed E-state index contributed by atoms with van der Waals surface area (Å²) in [7, 11) is 3.88. The fourth-order valence-corrected chi connectivity index (χ4v) is 1.63. The first-order chi connectivity index (χ1) is 7.27. The zero-order chi connectivity index (χ0) is 11.1. The molecule has 15 heavy (non-hydrogen) atoms. The lowest BCUT2D eigenvalue weighted by atomic mass is 10.1. The van der Waals surface area contributed by atoms with Crippen LogP contribution in [0.1, 0.15) is 5.56 Å². The second-order valence-corrected chi connectivity index (χ2v) is 3.56. The second kappa shape index (κ2) is 6.88. The number of hydrogen-bond donors (Lipinski definition) is 3. The maximum absolute atomic E-state index is 9.66. The van der Waals surface area contributed by atoms with Gasteiger partial charge in [0.25, 0.3) is 0 Å². The number of aliphatic hydroxyl groups excluding tert-OH is 1. The fourth-order valence-electron chi connectivity index (χ4n) is 1.33. The minimum absolute atomic E-state index is 0.114. The standard InChI is InChI=1S/C10H17N2O2P/c1-14-11-10(13)9(12-15)7-8-5-3-2-4-6-8/h2-6,9-13H,7,15H2,1H3. The fraction of sp³-hybridized carbons (Fsp3) is 0.400. The highest BCUT2D eigenvalue weighted by molar-refractivity contribution is 7.13. The van der Waals surface area contributed by atoms with Gasteiger partial charge in [0.05, 0.1) is 13.2 Å². The van der Waals surface area contributed by atoms with Crippen molar-refractivity contribution in [3.8, 4) is 0 Å². The van der Waals surface area contributed by atoms with Crippen molar-refractivity contribution < 1.29 is 9.94 Å². The molecule has 0 radical (unpaired) electrons. The minimum atomic E-state index is -0.743. The van der Waals surface area contributed by atoms with Crippen molar-refractivity contribution in [2.75, 3.05) is 7.11 Å². The molecule has 3 N–H and O–H groups in total. The average molecular weight is 228 g/mol. The highest BCUT2D eigenvalue weighted by Crippen LogP contribution is 2.06. The summed E-state index contributed by atoms with van der Waals surface area (Å²) in [6, 6.07) is 9.85. The minimum Gasteiger partial charge on any atom is -0.375 e. The molecule has 1 aromatic carbocycles. The zero-order valence-corrected chi connectivity index (χ0v) is 9.84. The van der Waals surface area contributed by atoms with Gasteiger partial charge in [-0.25, -0.2) is 0 Å². The van der Waals surface area contributed by atoms with E-state index in [2.05, 4.69) is 24.8 Å². The summed E-state index contributed by atoms with van der Waals surface area (Å²) in [6.45, 7) is 0. The Balaban J connectivity index is 2.53. The third-order valence-corrected chi connectivity index (χ3v) is 2.56. The summed E-state index contributed by atoms with van der Waals surface area (Å²) >= 11 is 0. The lowest BCUT2D eigenvalue weighted by Gasteiger charge is -2.22. The van der Waals surface area contributed by atoms with Crippen LogP contribution in [0.25, 0.3) is 0 Å². The molecule has 1 aromatic rings. The summed E-state index contributed by atoms with van der Waals surface area (Å²) < 4.78 is 0. The van der Waals surface area contributed by atoms with E-state index in [0.717, 1.165) is 12.0 Å². The van der Waals surface area contributed by atoms with E-state index in [1.165, 1.54) is 7.11 Å². The molecule has 0 saturated carbocycles. The first-order valence-corrected chi connectivity index (χ1v) is 5.32. The molecule has 0 aliphatic heterocycles. The highest BCUT2D eigenvalue weighted by Gasteiger charge is 2.17. The molecule has 3 unspecified atom stereocenters. The molecular weight excluding hydrogens is 211 g/mol. The smallest absolute Gasteiger partial charge is 0.142 e. The molecular formula is C10H17N2O2P. The second-order valence-electron chi connectivity index (χ2n) is 3.23. The van der Waals surface area contributed by atoms with Crippen LogP contribution in [0.5, 0.6) is 0 Å². The van der Waals surface area contributed by atoms with Crippen molar-refractivity contribution in [2.24, 2.45) is 0 Å². The first-order valence-electron chi connectivity index (χ1n) is 4.74. The van der Waals surface area contributed by atoms with Crippen molar-refractivity contribution in [1.29, 1.82) is 0 Å². The normalized spacial score (nSPS) is 14.9. The van der Waals surface area contributed by atoms with Gasteiger partial charge in [0, 0.05) is 0 Å². The number of hydroxylamine groups is 1. The van der Waals surface area contributed by atoms with Crippen LogP contribution in [-0.4, -0.2) is 24.5 Å². The van der Waals surface area contributed by atoms with Crippen LogP contribution < -0.4 is 10.6 Å². The Hall–Kier alpha value is -0.510.